The number of hydrogen-bond acceptors (Lipinski definition) is 1. The van der Waals surface area contributed by atoms with Gasteiger partial charge in [0, 0.05) is 4.47 Å². The smallest absolute Gasteiger partial charge is 0.386 e. The van der Waals surface area contributed by atoms with Crippen LogP contribution in [0.4, 0.5) is 13.2 Å². The van der Waals surface area contributed by atoms with Crippen molar-refractivity contribution in [3.05, 3.63) is 33.8 Å². The van der Waals surface area contributed by atoms with Crippen molar-refractivity contribution in [1.29, 1.82) is 0 Å². The molecule has 0 amide bonds. The molecule has 1 nitrogen and oxygen atoms in total. The van der Waals surface area contributed by atoms with Crippen LogP contribution in [0.2, 0.25) is 0 Å². The lowest BCUT2D eigenvalue weighted by Gasteiger charge is -2.15. The van der Waals surface area contributed by atoms with Crippen LogP contribution in [0.15, 0.2) is 22.7 Å². The molecule has 0 aromatic heterocycles. The van der Waals surface area contributed by atoms with E-state index < -0.39 is 22.7 Å². The van der Waals surface area contributed by atoms with Gasteiger partial charge >= 0.3 is 6.18 Å². The van der Waals surface area contributed by atoms with E-state index in [1.165, 1.54) is 0 Å². The van der Waals surface area contributed by atoms with Crippen molar-refractivity contribution >= 4 is 39.1 Å². The second-order valence-electron chi connectivity index (χ2n) is 3.01. The highest BCUT2D eigenvalue weighted by Gasteiger charge is 2.31. The number of rotatable bonds is 2. The summed E-state index contributed by atoms with van der Waals surface area (Å²) in [5.74, 6) is 0. The molecule has 0 saturated carbocycles. The molecule has 90 valence electrons. The Morgan fingerprint density at radius 2 is 1.81 bits per heavy atom. The topological polar surface area (TPSA) is 20.2 Å². The molecular weight excluding hydrogens is 332 g/mol. The van der Waals surface area contributed by atoms with Gasteiger partial charge in [0.15, 0.2) is 0 Å². The van der Waals surface area contributed by atoms with Crippen LogP contribution >= 0.6 is 39.1 Å². The van der Waals surface area contributed by atoms with Gasteiger partial charge in [0.1, 0.15) is 10.9 Å². The summed E-state index contributed by atoms with van der Waals surface area (Å²) in [6.07, 6.45) is -5.66. The highest BCUT2D eigenvalue weighted by molar-refractivity contribution is 9.10. The fraction of sp³-hybridized carbons (Fsp3) is 0.333. The summed E-state index contributed by atoms with van der Waals surface area (Å²) in [5, 5.41) is 9.50. The lowest BCUT2D eigenvalue weighted by Crippen LogP contribution is -2.09. The van der Waals surface area contributed by atoms with Gasteiger partial charge in [-0.15, -0.1) is 23.2 Å². The molecule has 1 unspecified atom stereocenters. The lowest BCUT2D eigenvalue weighted by atomic mass is 10.1. The summed E-state index contributed by atoms with van der Waals surface area (Å²) >= 11 is 13.8. The van der Waals surface area contributed by atoms with E-state index >= 15 is 0 Å². The van der Waals surface area contributed by atoms with E-state index in [1.807, 2.05) is 0 Å². The lowest BCUT2D eigenvalue weighted by molar-refractivity contribution is -0.137. The molecule has 0 heterocycles. The minimum atomic E-state index is -4.42. The van der Waals surface area contributed by atoms with Gasteiger partial charge in [0.05, 0.1) is 5.56 Å². The van der Waals surface area contributed by atoms with Gasteiger partial charge in [-0.25, -0.2) is 0 Å². The zero-order valence-corrected chi connectivity index (χ0v) is 10.7. The quantitative estimate of drug-likeness (QED) is 0.797. The summed E-state index contributed by atoms with van der Waals surface area (Å²) in [6.45, 7) is 0. The standard InChI is InChI=1S/C9H6BrCl2F3O/c10-6-3-4(9(13,14)15)1-2-5(6)7(16)8(11)12/h1-3,7-8,16H. The molecule has 0 saturated heterocycles. The minimum absolute atomic E-state index is 0.112. The molecule has 16 heavy (non-hydrogen) atoms. The van der Waals surface area contributed by atoms with Crippen LogP contribution < -0.4 is 0 Å². The first-order valence-electron chi connectivity index (χ1n) is 4.06. The summed E-state index contributed by atoms with van der Waals surface area (Å²) in [4.78, 5) is -1.10. The van der Waals surface area contributed by atoms with Crippen LogP contribution in [0.1, 0.15) is 17.2 Å². The Labute approximate surface area is 108 Å². The van der Waals surface area contributed by atoms with Crippen LogP contribution in [0.5, 0.6) is 0 Å². The van der Waals surface area contributed by atoms with E-state index in [2.05, 4.69) is 15.9 Å². The van der Waals surface area contributed by atoms with Gasteiger partial charge in [-0.3, -0.25) is 0 Å². The molecular formula is C9H6BrCl2F3O. The zero-order chi connectivity index (χ0) is 12.5. The maximum Gasteiger partial charge on any atom is 0.416 e. The van der Waals surface area contributed by atoms with Crippen LogP contribution in [0.3, 0.4) is 0 Å². The maximum atomic E-state index is 12.3. The van der Waals surface area contributed by atoms with Gasteiger partial charge in [-0.1, -0.05) is 22.0 Å². The Bertz CT molecular complexity index is 382. The molecule has 1 N–H and O–H groups in total. The third-order valence-corrected chi connectivity index (χ3v) is 3.05. The van der Waals surface area contributed by atoms with Crippen LogP contribution in [0.25, 0.3) is 0 Å². The molecule has 0 spiro atoms. The number of aliphatic hydroxyl groups excluding tert-OH is 1. The van der Waals surface area contributed by atoms with Crippen molar-refractivity contribution in [2.45, 2.75) is 17.1 Å². The molecule has 1 aromatic rings. The monoisotopic (exact) mass is 336 g/mol. The molecule has 0 aliphatic heterocycles. The van der Waals surface area contributed by atoms with Crippen molar-refractivity contribution < 1.29 is 18.3 Å². The summed E-state index contributed by atoms with van der Waals surface area (Å²) < 4.78 is 37.1. The first-order valence-corrected chi connectivity index (χ1v) is 5.73. The molecule has 1 rings (SSSR count). The Hall–Kier alpha value is 0.0300. The van der Waals surface area contributed by atoms with E-state index in [4.69, 9.17) is 23.2 Å². The molecule has 0 bridgehead atoms. The third-order valence-electron chi connectivity index (χ3n) is 1.89. The number of halogens is 6. The second kappa shape index (κ2) is 5.12. The molecule has 7 heteroatoms. The first kappa shape index (κ1) is 14.1. The van der Waals surface area contributed by atoms with Gasteiger partial charge < -0.3 is 5.11 Å². The summed E-state index contributed by atoms with van der Waals surface area (Å²) in [5.41, 5.74) is -0.598. The maximum absolute atomic E-state index is 12.3. The summed E-state index contributed by atoms with van der Waals surface area (Å²) in [7, 11) is 0. The zero-order valence-electron chi connectivity index (χ0n) is 7.60. The normalized spacial score (nSPS) is 14.2. The van der Waals surface area contributed by atoms with Crippen molar-refractivity contribution in [1.82, 2.24) is 0 Å². The van der Waals surface area contributed by atoms with Crippen molar-refractivity contribution in [3.63, 3.8) is 0 Å². The SMILES string of the molecule is OC(c1ccc(C(F)(F)F)cc1Br)C(Cl)Cl. The van der Waals surface area contributed by atoms with Crippen LogP contribution in [-0.2, 0) is 6.18 Å². The Balaban J connectivity index is 3.10. The number of hydrogen-bond donors (Lipinski definition) is 1. The van der Waals surface area contributed by atoms with Gasteiger partial charge in [0.2, 0.25) is 0 Å². The van der Waals surface area contributed by atoms with Crippen molar-refractivity contribution in [2.75, 3.05) is 0 Å². The average molecular weight is 338 g/mol. The van der Waals surface area contributed by atoms with E-state index in [-0.39, 0.29) is 10.0 Å². The molecule has 0 fully saturated rings. The van der Waals surface area contributed by atoms with E-state index in [9.17, 15) is 18.3 Å². The van der Waals surface area contributed by atoms with E-state index in [0.717, 1.165) is 18.2 Å². The molecule has 1 atom stereocenters. The van der Waals surface area contributed by atoms with Gasteiger partial charge in [0.25, 0.3) is 0 Å². The third kappa shape index (κ3) is 3.26. The van der Waals surface area contributed by atoms with Crippen molar-refractivity contribution in [3.8, 4) is 0 Å². The molecule has 0 radical (unpaired) electrons. The number of benzene rings is 1. The predicted molar refractivity (Wildman–Crippen MR) is 59.6 cm³/mol. The molecule has 1 aromatic carbocycles. The fourth-order valence-electron chi connectivity index (χ4n) is 1.08. The number of alkyl halides is 5. The highest BCUT2D eigenvalue weighted by atomic mass is 79.9. The first-order chi connectivity index (χ1) is 7.23. The van der Waals surface area contributed by atoms with E-state index in [1.54, 1.807) is 0 Å². The largest absolute Gasteiger partial charge is 0.416 e. The second-order valence-corrected chi connectivity index (χ2v) is 5.03. The number of aliphatic hydroxyl groups is 1. The Morgan fingerprint density at radius 3 is 2.19 bits per heavy atom. The van der Waals surface area contributed by atoms with Gasteiger partial charge in [-0.2, -0.15) is 13.2 Å². The molecule has 0 aliphatic carbocycles. The van der Waals surface area contributed by atoms with Gasteiger partial charge in [-0.05, 0) is 17.7 Å². The van der Waals surface area contributed by atoms with Crippen LogP contribution in [0, 0.1) is 0 Å². The predicted octanol–water partition coefficient (Wildman–Crippen LogP) is 4.31. The minimum Gasteiger partial charge on any atom is -0.386 e. The Morgan fingerprint density at radius 1 is 1.25 bits per heavy atom. The fourth-order valence-corrected chi connectivity index (χ4v) is 1.96. The average Bonchev–Trinajstić information content (AvgIpc) is 2.15. The molecule has 0 aliphatic rings. The Kier molecular flexibility index (Phi) is 4.51. The highest BCUT2D eigenvalue weighted by Crippen LogP contribution is 2.35. The van der Waals surface area contributed by atoms with Crippen molar-refractivity contribution in [2.24, 2.45) is 0 Å². The van der Waals surface area contributed by atoms with Crippen LogP contribution in [-0.4, -0.2) is 9.94 Å². The summed E-state index contributed by atoms with van der Waals surface area (Å²) in [6, 6.07) is 2.86. The van der Waals surface area contributed by atoms with E-state index in [0.29, 0.717) is 0 Å².